The van der Waals surface area contributed by atoms with Crippen LogP contribution in [0.1, 0.15) is 41.9 Å². The second-order valence-electron chi connectivity index (χ2n) is 3.99. The molecule has 1 saturated carbocycles. The van der Waals surface area contributed by atoms with Gasteiger partial charge in [0.25, 0.3) is 0 Å². The molecule has 0 spiro atoms. The smallest absolute Gasteiger partial charge is 0.169 e. The first-order valence-electron chi connectivity index (χ1n) is 5.01. The molecule has 3 nitrogen and oxygen atoms in total. The van der Waals surface area contributed by atoms with Crippen molar-refractivity contribution in [2.75, 3.05) is 0 Å². The Hall–Kier alpha value is -0.990. The van der Waals surface area contributed by atoms with Crippen molar-refractivity contribution in [2.45, 2.75) is 39.2 Å². The van der Waals surface area contributed by atoms with Crippen molar-refractivity contribution in [1.82, 2.24) is 9.78 Å². The van der Waals surface area contributed by atoms with Gasteiger partial charge in [0.1, 0.15) is 5.69 Å². The maximum absolute atomic E-state index is 10.4. The molecular weight excluding hydrogens is 164 g/mol. The van der Waals surface area contributed by atoms with E-state index in [0.29, 0.717) is 0 Å². The lowest BCUT2D eigenvalue weighted by atomic mass is 10.1. The Morgan fingerprint density at radius 1 is 1.54 bits per heavy atom. The number of aromatic nitrogens is 2. The van der Waals surface area contributed by atoms with Gasteiger partial charge in [-0.05, 0) is 25.7 Å². The van der Waals surface area contributed by atoms with Crippen LogP contribution in [-0.2, 0) is 6.54 Å². The van der Waals surface area contributed by atoms with Gasteiger partial charge in [-0.1, -0.05) is 12.8 Å². The van der Waals surface area contributed by atoms with Crippen molar-refractivity contribution in [3.63, 3.8) is 0 Å². The zero-order valence-corrected chi connectivity index (χ0v) is 8.05. The summed E-state index contributed by atoms with van der Waals surface area (Å²) in [7, 11) is 0. The average molecular weight is 180 g/mol. The van der Waals surface area contributed by atoms with E-state index in [1.54, 1.807) is 0 Å². The number of carbonyl (C=O) groups excluding carboxylic acids is 1. The maximum atomic E-state index is 10.4. The van der Waals surface area contributed by atoms with E-state index < -0.39 is 0 Å². The van der Waals surface area contributed by atoms with Gasteiger partial charge in [-0.25, -0.2) is 0 Å². The zero-order chi connectivity index (χ0) is 9.26. The molecule has 1 aromatic heterocycles. The SMILES string of the molecule is Cc1c(C=O)[nH]n1CC1CCCC1. The Morgan fingerprint density at radius 3 is 2.77 bits per heavy atom. The minimum Gasteiger partial charge on any atom is -0.296 e. The second-order valence-corrected chi connectivity index (χ2v) is 3.99. The fourth-order valence-corrected chi connectivity index (χ4v) is 2.15. The van der Waals surface area contributed by atoms with Gasteiger partial charge in [0.2, 0.25) is 0 Å². The Kier molecular flexibility index (Phi) is 2.25. The lowest BCUT2D eigenvalue weighted by molar-refractivity contribution is 0.111. The summed E-state index contributed by atoms with van der Waals surface area (Å²) in [5.41, 5.74) is 1.85. The number of nitrogens with zero attached hydrogens (tertiary/aromatic N) is 1. The van der Waals surface area contributed by atoms with Gasteiger partial charge < -0.3 is 0 Å². The summed E-state index contributed by atoms with van der Waals surface area (Å²) in [6.45, 7) is 3.07. The predicted molar refractivity (Wildman–Crippen MR) is 50.9 cm³/mol. The summed E-state index contributed by atoms with van der Waals surface area (Å²) in [5.74, 6) is 0.829. The second kappa shape index (κ2) is 3.40. The molecule has 0 aromatic carbocycles. The Morgan fingerprint density at radius 2 is 2.23 bits per heavy atom. The molecule has 1 N–H and O–H groups in total. The molecule has 3 heteroatoms. The van der Waals surface area contributed by atoms with E-state index in [0.717, 1.165) is 30.1 Å². The lowest BCUT2D eigenvalue weighted by Crippen LogP contribution is -2.21. The van der Waals surface area contributed by atoms with Crippen molar-refractivity contribution in [3.8, 4) is 0 Å². The summed E-state index contributed by atoms with van der Waals surface area (Å²) in [4.78, 5) is 10.4. The first kappa shape index (κ1) is 8.60. The molecule has 0 atom stereocenters. The van der Waals surface area contributed by atoms with Crippen LogP contribution in [0.5, 0.6) is 0 Å². The molecule has 0 aliphatic heterocycles. The summed E-state index contributed by atoms with van der Waals surface area (Å²) in [6.07, 6.45) is 6.34. The van der Waals surface area contributed by atoms with Crippen molar-refractivity contribution in [2.24, 2.45) is 5.92 Å². The lowest BCUT2D eigenvalue weighted by Gasteiger charge is -2.21. The van der Waals surface area contributed by atoms with Crippen LogP contribution < -0.4 is 0 Å². The van der Waals surface area contributed by atoms with Crippen molar-refractivity contribution in [1.29, 1.82) is 0 Å². The van der Waals surface area contributed by atoms with E-state index in [1.807, 2.05) is 6.92 Å². The van der Waals surface area contributed by atoms with Crippen LogP contribution in [0.4, 0.5) is 0 Å². The standard InChI is InChI=1S/C10H16N2O/c1-8-10(7-13)11-12(8)6-9-4-2-3-5-9/h7,9,11H,2-6H2,1H3. The number of aromatic amines is 1. The quantitative estimate of drug-likeness (QED) is 0.711. The van der Waals surface area contributed by atoms with Crippen LogP contribution in [0.15, 0.2) is 0 Å². The Bertz CT molecular complexity index is 292. The maximum Gasteiger partial charge on any atom is 0.169 e. The van der Waals surface area contributed by atoms with Gasteiger partial charge in [-0.3, -0.25) is 14.6 Å². The third-order valence-electron chi connectivity index (χ3n) is 3.08. The highest BCUT2D eigenvalue weighted by Crippen LogP contribution is 2.26. The number of rotatable bonds is 3. The molecular formula is C10H16N2O. The molecule has 1 aromatic rings. The number of hydrogen-bond donors (Lipinski definition) is 1. The highest BCUT2D eigenvalue weighted by Gasteiger charge is 2.18. The molecule has 1 aliphatic rings. The fourth-order valence-electron chi connectivity index (χ4n) is 2.15. The molecule has 1 fully saturated rings. The highest BCUT2D eigenvalue weighted by atomic mass is 16.1. The van der Waals surface area contributed by atoms with Gasteiger partial charge in [0.15, 0.2) is 6.29 Å². The Balaban J connectivity index is 1.95. The first-order chi connectivity index (χ1) is 6.31. The molecule has 0 saturated heterocycles. The molecule has 13 heavy (non-hydrogen) atoms. The van der Waals surface area contributed by atoms with E-state index in [1.165, 1.54) is 25.7 Å². The molecule has 1 heterocycles. The molecule has 0 bridgehead atoms. The molecule has 2 rings (SSSR count). The molecule has 0 radical (unpaired) electrons. The van der Waals surface area contributed by atoms with E-state index in [4.69, 9.17) is 0 Å². The first-order valence-corrected chi connectivity index (χ1v) is 5.01. The van der Waals surface area contributed by atoms with E-state index >= 15 is 0 Å². The molecule has 72 valence electrons. The predicted octanol–water partition coefficient (Wildman–Crippen LogP) is 2.13. The summed E-state index contributed by atoms with van der Waals surface area (Å²) >= 11 is 0. The van der Waals surface area contributed by atoms with Crippen LogP contribution in [-0.4, -0.2) is 16.1 Å². The summed E-state index contributed by atoms with van der Waals surface area (Å²) in [5, 5.41) is 3.05. The van der Waals surface area contributed by atoms with Gasteiger partial charge >= 0.3 is 0 Å². The topological polar surface area (TPSA) is 37.8 Å². The van der Waals surface area contributed by atoms with Gasteiger partial charge in [-0.2, -0.15) is 0 Å². The number of aldehydes is 1. The molecule has 1 aliphatic carbocycles. The third kappa shape index (κ3) is 1.55. The summed E-state index contributed by atoms with van der Waals surface area (Å²) < 4.78 is 2.10. The fraction of sp³-hybridized carbons (Fsp3) is 0.700. The van der Waals surface area contributed by atoms with Crippen LogP contribution in [0, 0.1) is 12.8 Å². The normalized spacial score (nSPS) is 18.2. The molecule has 0 amide bonds. The van der Waals surface area contributed by atoms with Crippen LogP contribution in [0.25, 0.3) is 0 Å². The van der Waals surface area contributed by atoms with Crippen molar-refractivity contribution < 1.29 is 4.79 Å². The van der Waals surface area contributed by atoms with Gasteiger partial charge in [0, 0.05) is 6.54 Å². The third-order valence-corrected chi connectivity index (χ3v) is 3.08. The van der Waals surface area contributed by atoms with Crippen LogP contribution in [0.3, 0.4) is 0 Å². The van der Waals surface area contributed by atoms with Crippen LogP contribution >= 0.6 is 0 Å². The van der Waals surface area contributed by atoms with Gasteiger partial charge in [0.05, 0.1) is 5.69 Å². The van der Waals surface area contributed by atoms with E-state index in [9.17, 15) is 4.79 Å². The minimum atomic E-state index is 0.748. The number of hydrogen-bond acceptors (Lipinski definition) is 1. The number of carbonyl (C=O) groups is 1. The largest absolute Gasteiger partial charge is 0.296 e. The van der Waals surface area contributed by atoms with Crippen LogP contribution in [0.2, 0.25) is 0 Å². The average Bonchev–Trinajstić information content (AvgIpc) is 2.63. The number of H-pyrrole nitrogens is 1. The number of nitrogens with one attached hydrogen (secondary N) is 1. The molecule has 0 unspecified atom stereocenters. The van der Waals surface area contributed by atoms with E-state index in [2.05, 4.69) is 9.78 Å². The monoisotopic (exact) mass is 180 g/mol. The Labute approximate surface area is 78.1 Å². The van der Waals surface area contributed by atoms with Gasteiger partial charge in [-0.15, -0.1) is 0 Å². The highest BCUT2D eigenvalue weighted by molar-refractivity contribution is 5.73. The zero-order valence-electron chi connectivity index (χ0n) is 8.05. The van der Waals surface area contributed by atoms with E-state index in [-0.39, 0.29) is 0 Å². The van der Waals surface area contributed by atoms with Crippen molar-refractivity contribution >= 4 is 6.29 Å². The minimum absolute atomic E-state index is 0.748. The van der Waals surface area contributed by atoms with Crippen molar-refractivity contribution in [3.05, 3.63) is 11.4 Å². The summed E-state index contributed by atoms with van der Waals surface area (Å²) in [6, 6.07) is 0.